The Morgan fingerprint density at radius 2 is 1.67 bits per heavy atom. The van der Waals surface area contributed by atoms with Gasteiger partial charge in [-0.05, 0) is 82.0 Å². The van der Waals surface area contributed by atoms with E-state index in [1.165, 1.54) is 19.1 Å². The molecule has 48 heavy (non-hydrogen) atoms. The van der Waals surface area contributed by atoms with E-state index in [0.717, 1.165) is 28.4 Å². The summed E-state index contributed by atoms with van der Waals surface area (Å²) in [5, 5.41) is 12.9. The first-order valence-corrected chi connectivity index (χ1v) is 16.5. The third-order valence-corrected chi connectivity index (χ3v) is 8.57. The summed E-state index contributed by atoms with van der Waals surface area (Å²) in [6, 6.07) is 12.7. The third-order valence-electron chi connectivity index (χ3n) is 7.24. The SMILES string of the molecule is Cc1ccc(-c2cc(C(F)(F)F)nn2-c2ccc(S(=O)(=O)NC(=O)OCC3CCN(N=NOC(C)OC(=O)C(C)(C)C)CC3)cc2)cc1. The van der Waals surface area contributed by atoms with Crippen LogP contribution in [0.1, 0.15) is 51.8 Å². The van der Waals surface area contributed by atoms with Crippen LogP contribution in [0.5, 0.6) is 0 Å². The Balaban J connectivity index is 1.29. The molecule has 0 bridgehead atoms. The van der Waals surface area contributed by atoms with Gasteiger partial charge >= 0.3 is 18.2 Å². The van der Waals surface area contributed by atoms with Gasteiger partial charge in [0.2, 0.25) is 0 Å². The summed E-state index contributed by atoms with van der Waals surface area (Å²) in [6.45, 7) is 9.41. The lowest BCUT2D eigenvalue weighted by atomic mass is 9.97. The number of ether oxygens (including phenoxy) is 2. The number of carbonyl (C=O) groups is 2. The number of carbonyl (C=O) groups excluding carboxylic acids is 2. The lowest BCUT2D eigenvalue weighted by Gasteiger charge is -2.28. The van der Waals surface area contributed by atoms with Crippen molar-refractivity contribution in [1.29, 1.82) is 0 Å². The fraction of sp³-hybridized carbons (Fsp3) is 0.452. The first-order chi connectivity index (χ1) is 22.4. The highest BCUT2D eigenvalue weighted by atomic mass is 32.2. The van der Waals surface area contributed by atoms with Crippen LogP contribution in [0.3, 0.4) is 0 Å². The van der Waals surface area contributed by atoms with Crippen molar-refractivity contribution in [3.8, 4) is 16.9 Å². The minimum atomic E-state index is -4.70. The zero-order chi connectivity index (χ0) is 35.3. The summed E-state index contributed by atoms with van der Waals surface area (Å²) in [7, 11) is -4.35. The van der Waals surface area contributed by atoms with Crippen LogP contribution in [0.2, 0.25) is 0 Å². The molecule has 3 aromatic rings. The molecule has 1 unspecified atom stereocenters. The van der Waals surface area contributed by atoms with E-state index in [2.05, 4.69) is 15.6 Å². The third kappa shape index (κ3) is 9.68. The molecule has 1 aromatic heterocycles. The number of aromatic nitrogens is 2. The van der Waals surface area contributed by atoms with Crippen molar-refractivity contribution >= 4 is 22.1 Å². The monoisotopic (exact) mass is 694 g/mol. The summed E-state index contributed by atoms with van der Waals surface area (Å²) in [4.78, 5) is 29.0. The molecule has 17 heteroatoms. The molecule has 13 nitrogen and oxygen atoms in total. The van der Waals surface area contributed by atoms with Gasteiger partial charge in [-0.1, -0.05) is 29.8 Å². The molecule has 1 N–H and O–H groups in total. The normalized spacial score (nSPS) is 15.3. The molecule has 4 rings (SSSR count). The molecule has 1 saturated heterocycles. The largest absolute Gasteiger partial charge is 0.449 e. The van der Waals surface area contributed by atoms with Crippen LogP contribution in [0.4, 0.5) is 18.0 Å². The maximum absolute atomic E-state index is 13.5. The average molecular weight is 695 g/mol. The quantitative estimate of drug-likeness (QED) is 0.113. The standard InChI is InChI=1S/C31H37F3N6O7S/c1-20-6-8-23(9-7-20)26-18-27(31(32,33)34)35-40(26)24-10-12-25(13-11-24)48(43,44)36-29(42)45-19-22-14-16-39(17-15-22)37-38-47-21(2)46-28(41)30(3,4)5/h6-13,18,21-22H,14-17,19H2,1-5H3,(H,36,42). The lowest BCUT2D eigenvalue weighted by Crippen LogP contribution is -2.35. The molecule has 1 atom stereocenters. The molecule has 1 aliphatic rings. The number of sulfonamides is 1. The number of rotatable bonds is 10. The first-order valence-electron chi connectivity index (χ1n) is 15.0. The van der Waals surface area contributed by atoms with Crippen molar-refractivity contribution < 1.29 is 45.5 Å². The van der Waals surface area contributed by atoms with Crippen LogP contribution >= 0.6 is 0 Å². The fourth-order valence-corrected chi connectivity index (χ4v) is 5.36. The van der Waals surface area contributed by atoms with E-state index in [1.54, 1.807) is 50.0 Å². The van der Waals surface area contributed by atoms with Crippen LogP contribution in [0.15, 0.2) is 70.0 Å². The van der Waals surface area contributed by atoms with Gasteiger partial charge in [-0.2, -0.15) is 18.3 Å². The zero-order valence-electron chi connectivity index (χ0n) is 27.0. The minimum Gasteiger partial charge on any atom is -0.449 e. The number of nitrogens with zero attached hydrogens (tertiary/aromatic N) is 5. The summed E-state index contributed by atoms with van der Waals surface area (Å²) in [6.07, 6.45) is -5.64. The molecule has 2 aromatic carbocycles. The summed E-state index contributed by atoms with van der Waals surface area (Å²) >= 11 is 0. The van der Waals surface area contributed by atoms with Gasteiger partial charge in [0.25, 0.3) is 16.3 Å². The second-order valence-corrected chi connectivity index (χ2v) is 14.0. The number of amides is 1. The summed E-state index contributed by atoms with van der Waals surface area (Å²) in [5.74, 6) is -0.500. The average Bonchev–Trinajstić information content (AvgIpc) is 3.47. The molecule has 1 aliphatic heterocycles. The van der Waals surface area contributed by atoms with Gasteiger partial charge in [-0.3, -0.25) is 9.80 Å². The molecule has 1 amide bonds. The van der Waals surface area contributed by atoms with Crippen molar-refractivity contribution in [3.63, 3.8) is 0 Å². The van der Waals surface area contributed by atoms with E-state index in [-0.39, 0.29) is 28.8 Å². The van der Waals surface area contributed by atoms with Crippen LogP contribution in [-0.4, -0.2) is 61.3 Å². The molecule has 0 aliphatic carbocycles. The smallest absolute Gasteiger partial charge is 0.435 e. The highest BCUT2D eigenvalue weighted by Gasteiger charge is 2.35. The maximum atomic E-state index is 13.5. The highest BCUT2D eigenvalue weighted by molar-refractivity contribution is 7.90. The Kier molecular flexibility index (Phi) is 11.0. The van der Waals surface area contributed by atoms with Gasteiger partial charge in [0.1, 0.15) is 0 Å². The van der Waals surface area contributed by atoms with E-state index >= 15 is 0 Å². The molecule has 0 saturated carbocycles. The lowest BCUT2D eigenvalue weighted by molar-refractivity contribution is -0.186. The van der Waals surface area contributed by atoms with E-state index in [1.807, 2.05) is 11.6 Å². The molecule has 260 valence electrons. The van der Waals surface area contributed by atoms with E-state index in [0.29, 0.717) is 31.5 Å². The Morgan fingerprint density at radius 1 is 1.04 bits per heavy atom. The molecule has 0 radical (unpaired) electrons. The van der Waals surface area contributed by atoms with Crippen LogP contribution < -0.4 is 4.72 Å². The fourth-order valence-electron chi connectivity index (χ4n) is 4.47. The van der Waals surface area contributed by atoms with Gasteiger partial charge < -0.3 is 14.3 Å². The van der Waals surface area contributed by atoms with Gasteiger partial charge in [0, 0.05) is 30.9 Å². The number of esters is 1. The second kappa shape index (κ2) is 14.6. The summed E-state index contributed by atoms with van der Waals surface area (Å²) in [5.41, 5.74) is -0.0395. The predicted molar refractivity (Wildman–Crippen MR) is 166 cm³/mol. The van der Waals surface area contributed by atoms with Gasteiger partial charge in [-0.25, -0.2) is 22.6 Å². The number of aryl methyl sites for hydroxylation is 1. The minimum absolute atomic E-state index is 0.0375. The van der Waals surface area contributed by atoms with Crippen molar-refractivity contribution in [2.24, 2.45) is 21.8 Å². The predicted octanol–water partition coefficient (Wildman–Crippen LogP) is 6.23. The topological polar surface area (TPSA) is 154 Å². The van der Waals surface area contributed by atoms with Crippen molar-refractivity contribution in [2.45, 2.75) is 64.8 Å². The number of halogens is 3. The Bertz CT molecular complexity index is 1710. The Morgan fingerprint density at radius 3 is 2.25 bits per heavy atom. The van der Waals surface area contributed by atoms with Crippen molar-refractivity contribution in [2.75, 3.05) is 19.7 Å². The molecule has 1 fully saturated rings. The van der Waals surface area contributed by atoms with Crippen LogP contribution in [0.25, 0.3) is 16.9 Å². The highest BCUT2D eigenvalue weighted by Crippen LogP contribution is 2.33. The van der Waals surface area contributed by atoms with E-state index in [9.17, 15) is 31.2 Å². The number of hydrogen-bond donors (Lipinski definition) is 1. The van der Waals surface area contributed by atoms with E-state index < -0.39 is 45.7 Å². The number of alkyl halides is 3. The van der Waals surface area contributed by atoms with Gasteiger partial charge in [0.15, 0.2) is 5.69 Å². The molecular formula is C31H37F3N6O7S. The zero-order valence-corrected chi connectivity index (χ0v) is 27.8. The summed E-state index contributed by atoms with van der Waals surface area (Å²) < 4.78 is 79.4. The molecule has 0 spiro atoms. The first kappa shape index (κ1) is 36.2. The van der Waals surface area contributed by atoms with Crippen molar-refractivity contribution in [1.82, 2.24) is 19.5 Å². The van der Waals surface area contributed by atoms with Crippen LogP contribution in [0, 0.1) is 18.3 Å². The van der Waals surface area contributed by atoms with Gasteiger partial charge in [0.05, 0.1) is 28.3 Å². The Hall–Kier alpha value is -4.67. The van der Waals surface area contributed by atoms with Gasteiger partial charge in [-0.15, -0.1) is 0 Å². The number of nitrogens with one attached hydrogen (secondary N) is 1. The maximum Gasteiger partial charge on any atom is 0.435 e. The number of hydrogen-bond acceptors (Lipinski definition) is 10. The molecule has 2 heterocycles. The number of benzene rings is 2. The molecular weight excluding hydrogens is 657 g/mol. The Labute approximate surface area is 276 Å². The van der Waals surface area contributed by atoms with Crippen LogP contribution in [-0.2, 0) is 35.3 Å². The van der Waals surface area contributed by atoms with E-state index in [4.69, 9.17) is 14.3 Å². The second-order valence-electron chi connectivity index (χ2n) is 12.3. The number of piperidine rings is 1. The van der Waals surface area contributed by atoms with Crippen molar-refractivity contribution in [3.05, 3.63) is 65.9 Å².